The Morgan fingerprint density at radius 3 is 2.73 bits per heavy atom. The van der Waals surface area contributed by atoms with Crippen molar-refractivity contribution >= 4 is 46.4 Å². The predicted octanol–water partition coefficient (Wildman–Crippen LogP) is 5.69. The van der Waals surface area contributed by atoms with Crippen molar-refractivity contribution in [3.05, 3.63) is 68.4 Å². The van der Waals surface area contributed by atoms with Crippen molar-refractivity contribution in [1.82, 2.24) is 15.3 Å². The van der Waals surface area contributed by atoms with Crippen LogP contribution in [0, 0.1) is 5.82 Å². The van der Waals surface area contributed by atoms with Crippen LogP contribution in [0.25, 0.3) is 0 Å². The number of carbonyl (C=O) groups excluding carboxylic acids is 1. The lowest BCUT2D eigenvalue weighted by Crippen LogP contribution is -2.24. The molecule has 0 saturated heterocycles. The van der Waals surface area contributed by atoms with E-state index in [1.165, 1.54) is 30.3 Å². The summed E-state index contributed by atoms with van der Waals surface area (Å²) in [5, 5.41) is 3.17. The molecule has 0 radical (unpaired) electrons. The summed E-state index contributed by atoms with van der Waals surface area (Å²) in [5.41, 5.74) is 6.35. The number of nitrogens with two attached hydrogens (primary N) is 1. The van der Waals surface area contributed by atoms with Gasteiger partial charge in [-0.3, -0.25) is 4.79 Å². The van der Waals surface area contributed by atoms with Gasteiger partial charge < -0.3 is 20.8 Å². The van der Waals surface area contributed by atoms with Crippen LogP contribution in [0.5, 0.6) is 11.5 Å². The largest absolute Gasteiger partial charge is 0.453 e. The minimum absolute atomic E-state index is 0.0607. The van der Waals surface area contributed by atoms with Crippen LogP contribution in [0.2, 0.25) is 15.2 Å². The van der Waals surface area contributed by atoms with Gasteiger partial charge >= 0.3 is 0 Å². The van der Waals surface area contributed by atoms with Crippen LogP contribution in [-0.4, -0.2) is 15.9 Å². The molecule has 0 spiro atoms. The summed E-state index contributed by atoms with van der Waals surface area (Å²) < 4.78 is 20.6. The minimum Gasteiger partial charge on any atom is -0.453 e. The van der Waals surface area contributed by atoms with Crippen LogP contribution in [0.1, 0.15) is 40.6 Å². The molecular formula is C20H16Cl3FN4O2. The molecule has 2 aromatic carbocycles. The number of carbonyl (C=O) groups is 1. The number of imidazole rings is 1. The fourth-order valence-electron chi connectivity index (χ4n) is 2.89. The number of hydrogen-bond donors (Lipinski definition) is 3. The molecule has 156 valence electrons. The molecule has 10 heteroatoms. The third-order valence-electron chi connectivity index (χ3n) is 4.54. The number of aromatic nitrogens is 2. The van der Waals surface area contributed by atoms with Crippen LogP contribution in [0.15, 0.2) is 30.3 Å². The molecule has 4 rings (SSSR count). The molecule has 0 aliphatic heterocycles. The lowest BCUT2D eigenvalue weighted by Gasteiger charge is -2.13. The van der Waals surface area contributed by atoms with E-state index in [2.05, 4.69) is 15.3 Å². The molecule has 0 bridgehead atoms. The van der Waals surface area contributed by atoms with Crippen LogP contribution in [-0.2, 0) is 6.54 Å². The molecule has 3 aromatic rings. The molecule has 30 heavy (non-hydrogen) atoms. The molecule has 1 fully saturated rings. The van der Waals surface area contributed by atoms with Crippen molar-refractivity contribution in [3.63, 3.8) is 0 Å². The highest BCUT2D eigenvalue weighted by Crippen LogP contribution is 2.39. The molecule has 1 amide bonds. The quantitative estimate of drug-likeness (QED) is 0.404. The number of rotatable bonds is 6. The van der Waals surface area contributed by atoms with Gasteiger partial charge in [0.2, 0.25) is 0 Å². The van der Waals surface area contributed by atoms with Crippen molar-refractivity contribution in [2.45, 2.75) is 25.3 Å². The molecule has 1 aliphatic carbocycles. The van der Waals surface area contributed by atoms with Crippen molar-refractivity contribution in [2.75, 3.05) is 5.73 Å². The van der Waals surface area contributed by atoms with E-state index < -0.39 is 11.7 Å². The van der Waals surface area contributed by atoms with E-state index in [0.717, 1.165) is 12.8 Å². The van der Waals surface area contributed by atoms with Gasteiger partial charge in [-0.15, -0.1) is 0 Å². The fraction of sp³-hybridized carbons (Fsp3) is 0.200. The maximum absolute atomic E-state index is 15.0. The summed E-state index contributed by atoms with van der Waals surface area (Å²) in [6.07, 6.45) is 2.03. The van der Waals surface area contributed by atoms with Crippen molar-refractivity contribution < 1.29 is 13.9 Å². The second-order valence-electron chi connectivity index (χ2n) is 6.91. The smallest absolute Gasteiger partial charge is 0.273 e. The fourth-order valence-corrected chi connectivity index (χ4v) is 3.54. The first-order valence-electron chi connectivity index (χ1n) is 9.06. The molecule has 1 aliphatic rings. The summed E-state index contributed by atoms with van der Waals surface area (Å²) in [4.78, 5) is 19.6. The highest BCUT2D eigenvalue weighted by atomic mass is 35.5. The first kappa shape index (κ1) is 20.8. The van der Waals surface area contributed by atoms with E-state index in [1.54, 1.807) is 0 Å². The van der Waals surface area contributed by atoms with Crippen molar-refractivity contribution in [3.8, 4) is 11.5 Å². The number of anilines is 1. The van der Waals surface area contributed by atoms with Gasteiger partial charge in [0.15, 0.2) is 17.3 Å². The maximum atomic E-state index is 15.0. The van der Waals surface area contributed by atoms with Gasteiger partial charge in [0, 0.05) is 34.8 Å². The Balaban J connectivity index is 1.50. The normalized spacial score (nSPS) is 13.3. The lowest BCUT2D eigenvalue weighted by atomic mass is 10.2. The number of hydrogen-bond acceptors (Lipinski definition) is 4. The summed E-state index contributed by atoms with van der Waals surface area (Å²) in [6.45, 7) is -0.113. The molecule has 1 saturated carbocycles. The number of ether oxygens (including phenoxy) is 1. The number of halogens is 4. The molecule has 1 heterocycles. The zero-order chi connectivity index (χ0) is 21.4. The Hall–Kier alpha value is -2.48. The van der Waals surface area contributed by atoms with E-state index in [9.17, 15) is 9.18 Å². The molecule has 1 aromatic heterocycles. The topological polar surface area (TPSA) is 93.0 Å². The van der Waals surface area contributed by atoms with Crippen molar-refractivity contribution in [1.29, 1.82) is 0 Å². The number of aromatic amines is 1. The molecule has 4 N–H and O–H groups in total. The Bertz CT molecular complexity index is 1110. The van der Waals surface area contributed by atoms with Crippen LogP contribution in [0.3, 0.4) is 0 Å². The Labute approximate surface area is 186 Å². The Kier molecular flexibility index (Phi) is 5.77. The number of nitrogens with zero attached hydrogens (tertiary/aromatic N) is 1. The first-order valence-corrected chi connectivity index (χ1v) is 10.2. The van der Waals surface area contributed by atoms with Crippen LogP contribution < -0.4 is 15.8 Å². The van der Waals surface area contributed by atoms with Crippen LogP contribution >= 0.6 is 34.8 Å². The van der Waals surface area contributed by atoms with E-state index in [1.807, 2.05) is 0 Å². The van der Waals surface area contributed by atoms with E-state index in [-0.39, 0.29) is 39.5 Å². The maximum Gasteiger partial charge on any atom is 0.273 e. The number of H-pyrrole nitrogens is 1. The zero-order valence-electron chi connectivity index (χ0n) is 15.4. The molecule has 6 nitrogen and oxygen atoms in total. The third-order valence-corrected chi connectivity index (χ3v) is 5.33. The average molecular weight is 470 g/mol. The van der Waals surface area contributed by atoms with Gasteiger partial charge in [-0.05, 0) is 31.0 Å². The van der Waals surface area contributed by atoms with Gasteiger partial charge in [0.1, 0.15) is 16.7 Å². The summed E-state index contributed by atoms with van der Waals surface area (Å²) in [6, 6.07) is 7.44. The first-order chi connectivity index (χ1) is 14.3. The molecular weight excluding hydrogens is 454 g/mol. The molecule has 0 atom stereocenters. The third kappa shape index (κ3) is 4.48. The summed E-state index contributed by atoms with van der Waals surface area (Å²) >= 11 is 18.1. The summed E-state index contributed by atoms with van der Waals surface area (Å²) in [7, 11) is 0. The second kappa shape index (κ2) is 8.34. The standard InChI is InChI=1S/C20H16Cl3FN4O2/c21-11-5-12(25)7-13(6-11)30-17-14(22)4-3-10(15(17)24)8-26-20(29)16-18(23)28-19(27-16)9-1-2-9/h3-7,9H,1-2,8,25H2,(H,26,29)(H,27,28). The average Bonchev–Trinajstić information content (AvgIpc) is 3.45. The zero-order valence-corrected chi connectivity index (χ0v) is 17.7. The van der Waals surface area contributed by atoms with E-state index in [0.29, 0.717) is 22.5 Å². The SMILES string of the molecule is Nc1cc(Cl)cc(Oc2c(Cl)ccc(CNC(=O)c3nc(C4CC4)[nH]c3Cl)c2F)c1. The monoisotopic (exact) mass is 468 g/mol. The van der Waals surface area contributed by atoms with Gasteiger partial charge in [0.25, 0.3) is 5.91 Å². The number of nitrogen functional groups attached to an aromatic ring is 1. The van der Waals surface area contributed by atoms with Gasteiger partial charge in [-0.25, -0.2) is 9.37 Å². The second-order valence-corrected chi connectivity index (χ2v) is 8.14. The number of nitrogens with one attached hydrogen (secondary N) is 2. The Morgan fingerprint density at radius 1 is 1.27 bits per heavy atom. The molecule has 0 unspecified atom stereocenters. The van der Waals surface area contributed by atoms with Crippen molar-refractivity contribution in [2.24, 2.45) is 0 Å². The highest BCUT2D eigenvalue weighted by molar-refractivity contribution is 6.32. The summed E-state index contributed by atoms with van der Waals surface area (Å²) in [5.74, 6) is -0.176. The van der Waals surface area contributed by atoms with Gasteiger partial charge in [0.05, 0.1) is 5.02 Å². The van der Waals surface area contributed by atoms with Crippen LogP contribution in [0.4, 0.5) is 10.1 Å². The number of benzene rings is 2. The number of amides is 1. The van der Waals surface area contributed by atoms with E-state index in [4.69, 9.17) is 45.3 Å². The predicted molar refractivity (Wildman–Crippen MR) is 114 cm³/mol. The van der Waals surface area contributed by atoms with E-state index >= 15 is 0 Å². The minimum atomic E-state index is -0.715. The van der Waals surface area contributed by atoms with Gasteiger partial charge in [-0.2, -0.15) is 0 Å². The lowest BCUT2D eigenvalue weighted by molar-refractivity contribution is 0.0946. The Morgan fingerprint density at radius 2 is 2.03 bits per heavy atom. The van der Waals surface area contributed by atoms with Gasteiger partial charge in [-0.1, -0.05) is 40.9 Å². The highest BCUT2D eigenvalue weighted by Gasteiger charge is 2.29.